The van der Waals surface area contributed by atoms with Gasteiger partial charge in [0.25, 0.3) is 5.91 Å². The highest BCUT2D eigenvalue weighted by Gasteiger charge is 2.22. The summed E-state index contributed by atoms with van der Waals surface area (Å²) in [5.74, 6) is 0.865. The number of nitrogens with one attached hydrogen (secondary N) is 2. The fourth-order valence-electron chi connectivity index (χ4n) is 2.34. The van der Waals surface area contributed by atoms with Crippen molar-refractivity contribution >= 4 is 46.7 Å². The van der Waals surface area contributed by atoms with Gasteiger partial charge < -0.3 is 15.5 Å². The van der Waals surface area contributed by atoms with Gasteiger partial charge in [0.1, 0.15) is 11.9 Å². The predicted octanol–water partition coefficient (Wildman–Crippen LogP) is 3.29. The van der Waals surface area contributed by atoms with Crippen molar-refractivity contribution < 1.29 is 9.59 Å². The Kier molecular flexibility index (Phi) is 7.94. The van der Waals surface area contributed by atoms with E-state index in [0.29, 0.717) is 22.7 Å². The molecule has 0 radical (unpaired) electrons. The maximum absolute atomic E-state index is 12.7. The molecule has 2 amide bonds. The maximum Gasteiger partial charge on any atom is 0.253 e. The lowest BCUT2D eigenvalue weighted by Crippen LogP contribution is -2.44. The molecular formula is C19H23ClN4O2S. The molecule has 0 unspecified atom stereocenters. The van der Waals surface area contributed by atoms with Gasteiger partial charge in [0.2, 0.25) is 5.91 Å². The van der Waals surface area contributed by atoms with Crippen LogP contribution in [0.2, 0.25) is 5.02 Å². The number of anilines is 2. The molecule has 0 fully saturated rings. The quantitative estimate of drug-likeness (QED) is 0.703. The molecule has 1 aromatic carbocycles. The minimum Gasteiger partial charge on any atom is -0.363 e. The lowest BCUT2D eigenvalue weighted by Gasteiger charge is -2.19. The lowest BCUT2D eigenvalue weighted by atomic mass is 10.1. The second-order valence-electron chi connectivity index (χ2n) is 6.08. The molecule has 27 heavy (non-hydrogen) atoms. The molecule has 1 atom stereocenters. The highest BCUT2D eigenvalue weighted by molar-refractivity contribution is 7.98. The van der Waals surface area contributed by atoms with Crippen LogP contribution in [0.3, 0.4) is 0 Å². The highest BCUT2D eigenvalue weighted by Crippen LogP contribution is 2.16. The van der Waals surface area contributed by atoms with Gasteiger partial charge >= 0.3 is 0 Å². The Balaban J connectivity index is 2.08. The van der Waals surface area contributed by atoms with Gasteiger partial charge in [0.05, 0.1) is 22.5 Å². The van der Waals surface area contributed by atoms with Crippen molar-refractivity contribution in [2.24, 2.45) is 0 Å². The first kappa shape index (κ1) is 21.1. The zero-order chi connectivity index (χ0) is 19.8. The fourth-order valence-corrected chi connectivity index (χ4v) is 3.03. The number of halogens is 1. The molecule has 0 saturated carbocycles. The molecule has 1 aromatic heterocycles. The van der Waals surface area contributed by atoms with Crippen LogP contribution in [0.1, 0.15) is 16.8 Å². The number of benzene rings is 1. The second-order valence-corrected chi connectivity index (χ2v) is 7.47. The lowest BCUT2D eigenvalue weighted by molar-refractivity contribution is -0.118. The van der Waals surface area contributed by atoms with Gasteiger partial charge in [0, 0.05) is 14.1 Å². The van der Waals surface area contributed by atoms with Crippen molar-refractivity contribution in [2.45, 2.75) is 12.5 Å². The number of aromatic nitrogens is 1. The van der Waals surface area contributed by atoms with Crippen LogP contribution in [0.4, 0.5) is 11.5 Å². The van der Waals surface area contributed by atoms with Crippen molar-refractivity contribution in [3.63, 3.8) is 0 Å². The summed E-state index contributed by atoms with van der Waals surface area (Å²) in [6.07, 6.45) is 4.05. The number of rotatable bonds is 8. The fraction of sp³-hybridized carbons (Fsp3) is 0.316. The van der Waals surface area contributed by atoms with Crippen LogP contribution in [0.15, 0.2) is 42.6 Å². The Labute approximate surface area is 168 Å². The third kappa shape index (κ3) is 6.15. The van der Waals surface area contributed by atoms with Crippen molar-refractivity contribution in [3.8, 4) is 0 Å². The van der Waals surface area contributed by atoms with Crippen molar-refractivity contribution in [1.29, 1.82) is 0 Å². The van der Waals surface area contributed by atoms with Crippen LogP contribution >= 0.6 is 23.4 Å². The number of hydrogen-bond acceptors (Lipinski definition) is 5. The van der Waals surface area contributed by atoms with E-state index in [0.717, 1.165) is 11.6 Å². The Morgan fingerprint density at radius 1 is 1.22 bits per heavy atom. The molecule has 6 nitrogen and oxygen atoms in total. The Hall–Kier alpha value is -2.25. The zero-order valence-electron chi connectivity index (χ0n) is 15.5. The summed E-state index contributed by atoms with van der Waals surface area (Å²) in [4.78, 5) is 31.3. The maximum atomic E-state index is 12.7. The number of nitrogens with zero attached hydrogens (tertiary/aromatic N) is 2. The van der Waals surface area contributed by atoms with Gasteiger partial charge in [-0.1, -0.05) is 23.7 Å². The summed E-state index contributed by atoms with van der Waals surface area (Å²) in [5, 5.41) is 5.94. The highest BCUT2D eigenvalue weighted by atomic mass is 35.5. The zero-order valence-corrected chi connectivity index (χ0v) is 17.1. The molecule has 1 heterocycles. The smallest absolute Gasteiger partial charge is 0.253 e. The standard InChI is InChI=1S/C19H23ClN4O2S/c1-24(2)17-9-8-13(12-21-17)22-19(26)16(10-11-27-3)23-18(25)14-6-4-5-7-15(14)20/h4-9,12,16H,10-11H2,1-3H3,(H,22,26)(H,23,25)/t16-/m0/s1. The van der Waals surface area contributed by atoms with E-state index in [1.807, 2.05) is 31.3 Å². The van der Waals surface area contributed by atoms with Gasteiger partial charge in [-0.2, -0.15) is 11.8 Å². The van der Waals surface area contributed by atoms with E-state index in [4.69, 9.17) is 11.6 Å². The van der Waals surface area contributed by atoms with Gasteiger partial charge in [-0.05, 0) is 42.7 Å². The van der Waals surface area contributed by atoms with Crippen LogP contribution in [-0.2, 0) is 4.79 Å². The minimum atomic E-state index is -0.672. The molecular weight excluding hydrogens is 384 g/mol. The second kappa shape index (κ2) is 10.2. The largest absolute Gasteiger partial charge is 0.363 e. The molecule has 0 aliphatic carbocycles. The number of carbonyl (C=O) groups is 2. The average molecular weight is 407 g/mol. The van der Waals surface area contributed by atoms with Crippen LogP contribution < -0.4 is 15.5 Å². The van der Waals surface area contributed by atoms with Crippen molar-refractivity contribution in [2.75, 3.05) is 36.3 Å². The topological polar surface area (TPSA) is 74.3 Å². The summed E-state index contributed by atoms with van der Waals surface area (Å²) in [5.41, 5.74) is 0.921. The number of amides is 2. The predicted molar refractivity (Wildman–Crippen MR) is 113 cm³/mol. The van der Waals surface area contributed by atoms with Gasteiger partial charge in [-0.25, -0.2) is 4.98 Å². The summed E-state index contributed by atoms with van der Waals surface area (Å²) in [6.45, 7) is 0. The van der Waals surface area contributed by atoms with Gasteiger partial charge in [-0.15, -0.1) is 0 Å². The van der Waals surface area contributed by atoms with Crippen LogP contribution in [0, 0.1) is 0 Å². The summed E-state index contributed by atoms with van der Waals surface area (Å²) in [7, 11) is 3.78. The normalized spacial score (nSPS) is 11.6. The Bertz CT molecular complexity index is 784. The Morgan fingerprint density at radius 3 is 2.56 bits per heavy atom. The molecule has 2 rings (SSSR count). The van der Waals surface area contributed by atoms with Gasteiger partial charge in [-0.3, -0.25) is 9.59 Å². The molecule has 0 bridgehead atoms. The SMILES string of the molecule is CSCC[C@H](NC(=O)c1ccccc1Cl)C(=O)Nc1ccc(N(C)C)nc1. The molecule has 0 spiro atoms. The van der Waals surface area contributed by atoms with Crippen LogP contribution in [0.5, 0.6) is 0 Å². The van der Waals surface area contributed by atoms with E-state index in [2.05, 4.69) is 15.6 Å². The minimum absolute atomic E-state index is 0.288. The average Bonchev–Trinajstić information content (AvgIpc) is 2.65. The number of thioether (sulfide) groups is 1. The molecule has 0 aliphatic heterocycles. The van der Waals surface area contributed by atoms with E-state index in [1.165, 1.54) is 0 Å². The summed E-state index contributed by atoms with van der Waals surface area (Å²) in [6, 6.07) is 9.68. The molecule has 8 heteroatoms. The third-order valence-electron chi connectivity index (χ3n) is 3.82. The van der Waals surface area contributed by atoms with Crippen LogP contribution in [0.25, 0.3) is 0 Å². The van der Waals surface area contributed by atoms with E-state index in [9.17, 15) is 9.59 Å². The summed E-state index contributed by atoms with van der Waals surface area (Å²) >= 11 is 7.69. The molecule has 0 saturated heterocycles. The van der Waals surface area contributed by atoms with Gasteiger partial charge in [0.15, 0.2) is 0 Å². The molecule has 2 aromatic rings. The Morgan fingerprint density at radius 2 is 1.96 bits per heavy atom. The van der Waals surface area contributed by atoms with Crippen LogP contribution in [-0.4, -0.2) is 48.9 Å². The number of carbonyl (C=O) groups excluding carboxylic acids is 2. The monoisotopic (exact) mass is 406 g/mol. The molecule has 0 aliphatic rings. The number of hydrogen-bond donors (Lipinski definition) is 2. The third-order valence-corrected chi connectivity index (χ3v) is 4.80. The first-order valence-corrected chi connectivity index (χ1v) is 10.2. The first-order chi connectivity index (χ1) is 12.9. The molecule has 2 N–H and O–H groups in total. The first-order valence-electron chi connectivity index (χ1n) is 8.41. The van der Waals surface area contributed by atoms with E-state index in [-0.39, 0.29) is 11.8 Å². The van der Waals surface area contributed by atoms with E-state index in [1.54, 1.807) is 48.3 Å². The van der Waals surface area contributed by atoms with Crippen molar-refractivity contribution in [3.05, 3.63) is 53.2 Å². The molecule has 144 valence electrons. The summed E-state index contributed by atoms with van der Waals surface area (Å²) < 4.78 is 0. The van der Waals surface area contributed by atoms with Crippen molar-refractivity contribution in [1.82, 2.24) is 10.3 Å². The van der Waals surface area contributed by atoms with E-state index < -0.39 is 6.04 Å². The van der Waals surface area contributed by atoms with E-state index >= 15 is 0 Å². The number of pyridine rings is 1.